The fraction of sp³-hybridized carbons (Fsp3) is 0.562. The Bertz CT molecular complexity index is 767. The molecule has 1 N–H and O–H groups in total. The average molecular weight is 334 g/mol. The van der Waals surface area contributed by atoms with Crippen LogP contribution in [0.2, 0.25) is 0 Å². The lowest BCUT2D eigenvalue weighted by molar-refractivity contribution is -0.121. The highest BCUT2D eigenvalue weighted by Gasteiger charge is 2.23. The molecular weight excluding hydrogens is 312 g/mol. The summed E-state index contributed by atoms with van der Waals surface area (Å²) in [6.45, 7) is 6.88. The average Bonchev–Trinajstić information content (AvgIpc) is 3.13. The molecule has 0 bridgehead atoms. The van der Waals surface area contributed by atoms with Gasteiger partial charge in [-0.1, -0.05) is 6.92 Å². The smallest absolute Gasteiger partial charge is 0.262 e. The van der Waals surface area contributed by atoms with Crippen LogP contribution in [0.15, 0.2) is 17.2 Å². The van der Waals surface area contributed by atoms with Crippen LogP contribution in [0.5, 0.6) is 0 Å². The van der Waals surface area contributed by atoms with E-state index in [9.17, 15) is 9.59 Å². The molecule has 1 saturated heterocycles. The minimum absolute atomic E-state index is 0.0233. The largest absolute Gasteiger partial charge is 0.353 e. The summed E-state index contributed by atoms with van der Waals surface area (Å²) < 4.78 is 1.38. The van der Waals surface area contributed by atoms with Gasteiger partial charge in [-0.3, -0.25) is 19.1 Å². The van der Waals surface area contributed by atoms with E-state index in [4.69, 9.17) is 0 Å². The number of hydrogen-bond donors (Lipinski definition) is 1. The van der Waals surface area contributed by atoms with Gasteiger partial charge < -0.3 is 5.32 Å². The number of likely N-dealkylation sites (N-methyl/N-ethyl adjacent to an activating group) is 1. The Morgan fingerprint density at radius 2 is 2.35 bits per heavy atom. The third-order valence-corrected chi connectivity index (χ3v) is 5.35. The van der Waals surface area contributed by atoms with Crippen LogP contribution in [0.25, 0.3) is 10.2 Å². The van der Waals surface area contributed by atoms with E-state index in [2.05, 4.69) is 22.1 Å². The van der Waals surface area contributed by atoms with E-state index >= 15 is 0 Å². The summed E-state index contributed by atoms with van der Waals surface area (Å²) in [7, 11) is 0. The monoisotopic (exact) mass is 334 g/mol. The van der Waals surface area contributed by atoms with Gasteiger partial charge in [0, 0.05) is 17.5 Å². The van der Waals surface area contributed by atoms with Crippen molar-refractivity contribution < 1.29 is 4.79 Å². The minimum Gasteiger partial charge on any atom is -0.353 e. The van der Waals surface area contributed by atoms with Gasteiger partial charge in [0.25, 0.3) is 5.56 Å². The molecule has 1 fully saturated rings. The number of nitrogens with zero attached hydrogens (tertiary/aromatic N) is 3. The van der Waals surface area contributed by atoms with E-state index in [1.165, 1.54) is 28.7 Å². The summed E-state index contributed by atoms with van der Waals surface area (Å²) in [5, 5.41) is 3.55. The molecule has 124 valence electrons. The first kappa shape index (κ1) is 16.1. The van der Waals surface area contributed by atoms with Crippen molar-refractivity contribution in [3.63, 3.8) is 0 Å². The van der Waals surface area contributed by atoms with E-state index in [0.29, 0.717) is 18.0 Å². The van der Waals surface area contributed by atoms with Crippen molar-refractivity contribution in [2.75, 3.05) is 19.6 Å². The molecule has 0 saturated carbocycles. The van der Waals surface area contributed by atoms with Gasteiger partial charge in [-0.05, 0) is 38.9 Å². The SMILES string of the molecule is CCN1CCCC1CNC(=O)Cn1cnc2sc(C)cc2c1=O. The molecule has 0 aromatic carbocycles. The van der Waals surface area contributed by atoms with Crippen LogP contribution < -0.4 is 10.9 Å². The van der Waals surface area contributed by atoms with E-state index in [0.717, 1.165) is 29.2 Å². The van der Waals surface area contributed by atoms with Gasteiger partial charge in [0.1, 0.15) is 11.4 Å². The number of hydrogen-bond acceptors (Lipinski definition) is 5. The number of aryl methyl sites for hydroxylation is 1. The van der Waals surface area contributed by atoms with Crippen molar-refractivity contribution in [1.29, 1.82) is 0 Å². The third kappa shape index (κ3) is 3.45. The Kier molecular flexibility index (Phi) is 4.77. The molecule has 0 spiro atoms. The lowest BCUT2D eigenvalue weighted by atomic mass is 10.2. The molecule has 2 aromatic rings. The van der Waals surface area contributed by atoms with Gasteiger partial charge in [-0.15, -0.1) is 11.3 Å². The van der Waals surface area contributed by atoms with Crippen molar-refractivity contribution >= 4 is 27.5 Å². The van der Waals surface area contributed by atoms with Crippen LogP contribution in [0, 0.1) is 6.92 Å². The molecular formula is C16H22N4O2S. The van der Waals surface area contributed by atoms with Crippen LogP contribution in [0.3, 0.4) is 0 Å². The summed E-state index contributed by atoms with van der Waals surface area (Å²) in [5.41, 5.74) is -0.148. The zero-order chi connectivity index (χ0) is 16.4. The summed E-state index contributed by atoms with van der Waals surface area (Å²) in [5.74, 6) is -0.136. The topological polar surface area (TPSA) is 67.2 Å². The normalized spacial score (nSPS) is 18.6. The number of rotatable bonds is 5. The Hall–Kier alpha value is -1.73. The summed E-state index contributed by atoms with van der Waals surface area (Å²) >= 11 is 1.49. The molecule has 1 aliphatic rings. The summed E-state index contributed by atoms with van der Waals surface area (Å²) in [4.78, 5) is 33.0. The van der Waals surface area contributed by atoms with Crippen molar-refractivity contribution in [2.24, 2.45) is 0 Å². The molecule has 7 heteroatoms. The second-order valence-electron chi connectivity index (χ2n) is 5.98. The first-order valence-electron chi connectivity index (χ1n) is 8.05. The molecule has 1 atom stereocenters. The molecule has 23 heavy (non-hydrogen) atoms. The zero-order valence-corrected chi connectivity index (χ0v) is 14.4. The standard InChI is InChI=1S/C16H22N4O2S/c1-3-19-6-4-5-12(19)8-17-14(21)9-20-10-18-15-13(16(20)22)7-11(2)23-15/h7,10,12H,3-6,8-9H2,1-2H3,(H,17,21). The molecule has 2 aromatic heterocycles. The number of aromatic nitrogens is 2. The fourth-order valence-electron chi connectivity index (χ4n) is 3.18. The predicted molar refractivity (Wildman–Crippen MR) is 91.9 cm³/mol. The summed E-state index contributed by atoms with van der Waals surface area (Å²) in [6, 6.07) is 2.25. The van der Waals surface area contributed by atoms with Crippen molar-refractivity contribution in [1.82, 2.24) is 19.8 Å². The number of carbonyl (C=O) groups excluding carboxylic acids is 1. The highest BCUT2D eigenvalue weighted by molar-refractivity contribution is 7.18. The van der Waals surface area contributed by atoms with Gasteiger partial charge >= 0.3 is 0 Å². The Morgan fingerprint density at radius 1 is 1.52 bits per heavy atom. The van der Waals surface area contributed by atoms with Gasteiger partial charge in [0.15, 0.2) is 0 Å². The van der Waals surface area contributed by atoms with Crippen molar-refractivity contribution in [2.45, 2.75) is 39.3 Å². The van der Waals surface area contributed by atoms with Gasteiger partial charge in [0.05, 0.1) is 11.7 Å². The van der Waals surface area contributed by atoms with Crippen LogP contribution in [0.4, 0.5) is 0 Å². The maximum atomic E-state index is 12.4. The van der Waals surface area contributed by atoms with Crippen LogP contribution in [-0.2, 0) is 11.3 Å². The highest BCUT2D eigenvalue weighted by atomic mass is 32.1. The number of amides is 1. The second kappa shape index (κ2) is 6.80. The van der Waals surface area contributed by atoms with E-state index in [1.54, 1.807) is 0 Å². The maximum absolute atomic E-state index is 12.4. The van der Waals surface area contributed by atoms with Crippen LogP contribution >= 0.6 is 11.3 Å². The minimum atomic E-state index is -0.148. The summed E-state index contributed by atoms with van der Waals surface area (Å²) in [6.07, 6.45) is 3.77. The Morgan fingerprint density at radius 3 is 3.13 bits per heavy atom. The Balaban J connectivity index is 1.64. The zero-order valence-electron chi connectivity index (χ0n) is 13.5. The first-order chi connectivity index (χ1) is 11.1. The lowest BCUT2D eigenvalue weighted by Gasteiger charge is -2.22. The van der Waals surface area contributed by atoms with Gasteiger partial charge in [0.2, 0.25) is 5.91 Å². The Labute approximate surface area is 139 Å². The second-order valence-corrected chi connectivity index (χ2v) is 7.22. The van der Waals surface area contributed by atoms with Gasteiger partial charge in [-0.2, -0.15) is 0 Å². The molecule has 0 radical (unpaired) electrons. The highest BCUT2D eigenvalue weighted by Crippen LogP contribution is 2.19. The molecule has 3 heterocycles. The van der Waals surface area contributed by atoms with Crippen LogP contribution in [-0.4, -0.2) is 46.0 Å². The third-order valence-electron chi connectivity index (χ3n) is 4.40. The number of likely N-dealkylation sites (tertiary alicyclic amines) is 1. The molecule has 0 aliphatic carbocycles. The van der Waals surface area contributed by atoms with Crippen molar-refractivity contribution in [3.05, 3.63) is 27.6 Å². The number of nitrogens with one attached hydrogen (secondary N) is 1. The number of fused-ring (bicyclic) bond motifs is 1. The first-order valence-corrected chi connectivity index (χ1v) is 8.86. The van der Waals surface area contributed by atoms with Crippen LogP contribution in [0.1, 0.15) is 24.6 Å². The molecule has 1 unspecified atom stereocenters. The maximum Gasteiger partial charge on any atom is 0.262 e. The fourth-order valence-corrected chi connectivity index (χ4v) is 4.02. The lowest BCUT2D eigenvalue weighted by Crippen LogP contribution is -2.41. The quantitative estimate of drug-likeness (QED) is 0.897. The molecule has 1 amide bonds. The van der Waals surface area contributed by atoms with Gasteiger partial charge in [-0.25, -0.2) is 4.98 Å². The van der Waals surface area contributed by atoms with Crippen molar-refractivity contribution in [3.8, 4) is 0 Å². The van der Waals surface area contributed by atoms with E-state index in [-0.39, 0.29) is 18.0 Å². The molecule has 6 nitrogen and oxygen atoms in total. The predicted octanol–water partition coefficient (Wildman–Crippen LogP) is 1.37. The van der Waals surface area contributed by atoms with E-state index in [1.807, 2.05) is 13.0 Å². The number of carbonyl (C=O) groups is 1. The van der Waals surface area contributed by atoms with E-state index < -0.39 is 0 Å². The molecule has 3 rings (SSSR count). The number of thiophene rings is 1. The molecule has 1 aliphatic heterocycles.